The molecule has 2 amide bonds. The normalized spacial score (nSPS) is 18.7. The van der Waals surface area contributed by atoms with Crippen molar-refractivity contribution in [3.8, 4) is 17.3 Å². The molecule has 0 atom stereocenters. The van der Waals surface area contributed by atoms with E-state index in [1.807, 2.05) is 19.9 Å². The van der Waals surface area contributed by atoms with Crippen LogP contribution in [0.15, 0.2) is 65.2 Å². The zero-order chi connectivity index (χ0) is 40.9. The van der Waals surface area contributed by atoms with Crippen molar-refractivity contribution in [2.45, 2.75) is 65.3 Å². The summed E-state index contributed by atoms with van der Waals surface area (Å²) in [5.74, 6) is -0.343. The number of aliphatic hydroxyl groups is 1. The van der Waals surface area contributed by atoms with Gasteiger partial charge in [0.2, 0.25) is 0 Å². The molecule has 6 heterocycles. The number of benzene rings is 1. The monoisotopic (exact) mass is 786 g/mol. The number of hydrogen-bond donors (Lipinski definition) is 3. The minimum atomic E-state index is -0.535. The van der Waals surface area contributed by atoms with Gasteiger partial charge in [-0.05, 0) is 74.1 Å². The minimum Gasteiger partial charge on any atom is -0.392 e. The molecule has 302 valence electrons. The first-order valence-corrected chi connectivity index (χ1v) is 19.8. The van der Waals surface area contributed by atoms with Gasteiger partial charge in [-0.25, -0.2) is 9.97 Å². The van der Waals surface area contributed by atoms with Gasteiger partial charge in [0, 0.05) is 92.4 Å². The molecule has 3 aliphatic heterocycles. The lowest BCUT2D eigenvalue weighted by atomic mass is 9.90. The molecule has 2 fully saturated rings. The van der Waals surface area contributed by atoms with Crippen LogP contribution in [0.3, 0.4) is 0 Å². The van der Waals surface area contributed by atoms with Crippen molar-refractivity contribution in [3.63, 3.8) is 0 Å². The highest BCUT2D eigenvalue weighted by Crippen LogP contribution is 2.40. The summed E-state index contributed by atoms with van der Waals surface area (Å²) in [7, 11) is 1.61. The van der Waals surface area contributed by atoms with Gasteiger partial charge < -0.3 is 29.6 Å². The van der Waals surface area contributed by atoms with Crippen molar-refractivity contribution >= 4 is 34.8 Å². The van der Waals surface area contributed by atoms with Crippen molar-refractivity contribution < 1.29 is 19.4 Å². The number of carbonyl (C=O) groups excluding carboxylic acids is 2. The van der Waals surface area contributed by atoms with Crippen LogP contribution in [-0.2, 0) is 42.6 Å². The van der Waals surface area contributed by atoms with Crippen LogP contribution in [0, 0.1) is 16.7 Å². The molecule has 3 N–H and O–H groups in total. The second-order valence-corrected chi connectivity index (χ2v) is 17.0. The average molecular weight is 787 g/mol. The van der Waals surface area contributed by atoms with Crippen molar-refractivity contribution in [2.24, 2.45) is 12.5 Å². The molecule has 1 aromatic carbocycles. The second kappa shape index (κ2) is 15.3. The number of amides is 2. The van der Waals surface area contributed by atoms with E-state index in [-0.39, 0.29) is 22.7 Å². The summed E-state index contributed by atoms with van der Waals surface area (Å²) in [4.78, 5) is 56.3. The van der Waals surface area contributed by atoms with Crippen LogP contribution in [0.1, 0.15) is 55.0 Å². The summed E-state index contributed by atoms with van der Waals surface area (Å²) in [6, 6.07) is 13.1. The Morgan fingerprint density at radius 1 is 1.07 bits per heavy atom. The van der Waals surface area contributed by atoms with Crippen LogP contribution in [0.2, 0.25) is 0 Å². The number of hydrogen-bond acceptors (Lipinski definition) is 11. The number of pyridine rings is 1. The third kappa shape index (κ3) is 7.44. The van der Waals surface area contributed by atoms with Gasteiger partial charge in [-0.15, -0.1) is 0 Å². The van der Waals surface area contributed by atoms with Gasteiger partial charge in [-0.1, -0.05) is 19.9 Å². The molecule has 58 heavy (non-hydrogen) atoms. The summed E-state index contributed by atoms with van der Waals surface area (Å²) in [5.41, 5.74) is 4.55. The van der Waals surface area contributed by atoms with Crippen molar-refractivity contribution in [3.05, 3.63) is 93.3 Å². The van der Waals surface area contributed by atoms with Crippen LogP contribution >= 0.6 is 0 Å². The molecule has 15 heteroatoms. The van der Waals surface area contributed by atoms with E-state index in [1.165, 1.54) is 15.8 Å². The number of aromatic nitrogens is 4. The highest BCUT2D eigenvalue weighted by Gasteiger charge is 2.38. The van der Waals surface area contributed by atoms with Crippen LogP contribution in [0.25, 0.3) is 11.3 Å². The highest BCUT2D eigenvalue weighted by atomic mass is 16.5. The number of nitriles is 1. The third-order valence-electron chi connectivity index (χ3n) is 11.9. The van der Waals surface area contributed by atoms with Gasteiger partial charge in [0.05, 0.1) is 31.6 Å². The van der Waals surface area contributed by atoms with Crippen molar-refractivity contribution in [1.29, 1.82) is 5.26 Å². The summed E-state index contributed by atoms with van der Waals surface area (Å²) < 4.78 is 8.88. The first-order valence-electron chi connectivity index (χ1n) is 19.8. The van der Waals surface area contributed by atoms with E-state index >= 15 is 0 Å². The number of aryl methyl sites for hydroxylation is 1. The van der Waals surface area contributed by atoms with Crippen LogP contribution in [0.4, 0.5) is 23.0 Å². The predicted octanol–water partition coefficient (Wildman–Crippen LogP) is 3.85. The molecule has 0 bridgehead atoms. The van der Waals surface area contributed by atoms with E-state index in [0.717, 1.165) is 52.2 Å². The second-order valence-electron chi connectivity index (χ2n) is 17.0. The quantitative estimate of drug-likeness (QED) is 0.158. The number of carbonyl (C=O) groups is 2. The van der Waals surface area contributed by atoms with E-state index in [2.05, 4.69) is 49.9 Å². The lowest BCUT2D eigenvalue weighted by Crippen LogP contribution is -2.59. The molecule has 3 aromatic heterocycles. The topological polar surface area (TPSA) is 174 Å². The number of fused-ring (bicyclic) bond motifs is 3. The maximum Gasteiger partial charge on any atom is 0.293 e. The smallest absolute Gasteiger partial charge is 0.293 e. The Balaban J connectivity index is 0.992. The molecule has 0 saturated carbocycles. The molecule has 15 nitrogen and oxygen atoms in total. The Labute approximate surface area is 337 Å². The molecular formula is C43H50N10O5. The lowest BCUT2D eigenvalue weighted by molar-refractivity contribution is -0.112. The zero-order valence-electron chi connectivity index (χ0n) is 33.7. The molecule has 0 spiro atoms. The average Bonchev–Trinajstić information content (AvgIpc) is 3.67. The van der Waals surface area contributed by atoms with Gasteiger partial charge in [-0.3, -0.25) is 29.1 Å². The van der Waals surface area contributed by atoms with Gasteiger partial charge >= 0.3 is 0 Å². The van der Waals surface area contributed by atoms with E-state index in [1.54, 1.807) is 60.7 Å². The molecule has 0 radical (unpaired) electrons. The van der Waals surface area contributed by atoms with Gasteiger partial charge in [0.25, 0.3) is 17.4 Å². The highest BCUT2D eigenvalue weighted by molar-refractivity contribution is 6.07. The van der Waals surface area contributed by atoms with Crippen LogP contribution < -0.4 is 21.1 Å². The van der Waals surface area contributed by atoms with Crippen LogP contribution in [0.5, 0.6) is 0 Å². The lowest BCUT2D eigenvalue weighted by Gasteiger charge is -2.46. The summed E-state index contributed by atoms with van der Waals surface area (Å²) in [5, 5.41) is 26.7. The van der Waals surface area contributed by atoms with E-state index in [4.69, 9.17) is 9.72 Å². The minimum absolute atomic E-state index is 0.00533. The number of nitrogens with zero attached hydrogens (tertiary/aromatic N) is 8. The number of nitrogens with one attached hydrogen (secondary N) is 2. The van der Waals surface area contributed by atoms with Gasteiger partial charge in [-0.2, -0.15) is 5.26 Å². The number of piperazine rings is 1. The maximum absolute atomic E-state index is 13.9. The summed E-state index contributed by atoms with van der Waals surface area (Å²) in [6.07, 6.45) is 6.73. The van der Waals surface area contributed by atoms with E-state index < -0.39 is 23.6 Å². The fourth-order valence-corrected chi connectivity index (χ4v) is 8.74. The van der Waals surface area contributed by atoms with Gasteiger partial charge in [0.1, 0.15) is 23.2 Å². The number of ether oxygens (including phenoxy) is 1. The van der Waals surface area contributed by atoms with Crippen molar-refractivity contribution in [2.75, 3.05) is 61.5 Å². The number of anilines is 4. The molecule has 4 aromatic rings. The first kappa shape index (κ1) is 39.2. The fourth-order valence-electron chi connectivity index (χ4n) is 8.74. The van der Waals surface area contributed by atoms with Crippen LogP contribution in [-0.4, -0.2) is 103 Å². The number of rotatable bonds is 10. The Hall–Kier alpha value is -5.66. The Morgan fingerprint density at radius 3 is 2.53 bits per heavy atom. The SMILES string of the molecule is Cn1cc(-c2ccnc(N3CCn4c(cc5c4CC(C)(C)C5)C3=O)c2CO)nc(Nc2cccc(NC(=O)/C(C#N)=C\C(C)(C)N3CCN(C4COC4)CC3)c2)c1=O. The Bertz CT molecular complexity index is 2410. The summed E-state index contributed by atoms with van der Waals surface area (Å²) >= 11 is 0. The maximum atomic E-state index is 13.9. The standard InChI is InChI=1S/C43H50N10O5/c1-42(2)19-27-17-35-40(56)53(16-15-52(35)36(27)21-42)38-33(24-54)32(9-10-45-38)34-23-49(5)41(57)37(48-34)46-29-7-6-8-30(18-29)47-39(55)28(22-44)20-43(3,4)51-13-11-50(12-14-51)31-25-58-26-31/h6-10,17-18,20,23,31,54H,11-16,19,21,24-26H2,1-5H3,(H,46,48)(H,47,55)/b28-20-. The molecule has 2 saturated heterocycles. The zero-order valence-corrected chi connectivity index (χ0v) is 33.7. The largest absolute Gasteiger partial charge is 0.392 e. The number of aliphatic hydroxyl groups excluding tert-OH is 1. The van der Waals surface area contributed by atoms with Crippen molar-refractivity contribution in [1.82, 2.24) is 28.9 Å². The Kier molecular flexibility index (Phi) is 10.3. The van der Waals surface area contributed by atoms with E-state index in [9.17, 15) is 24.8 Å². The molecule has 0 unspecified atom stereocenters. The molecule has 4 aliphatic rings. The van der Waals surface area contributed by atoms with E-state index in [0.29, 0.717) is 58.8 Å². The summed E-state index contributed by atoms with van der Waals surface area (Å²) in [6.45, 7) is 14.1. The van der Waals surface area contributed by atoms with Gasteiger partial charge in [0.15, 0.2) is 5.82 Å². The third-order valence-corrected chi connectivity index (χ3v) is 11.9. The fraction of sp³-hybridized carbons (Fsp3) is 0.442. The molecule has 1 aliphatic carbocycles. The molecular weight excluding hydrogens is 737 g/mol. The predicted molar refractivity (Wildman–Crippen MR) is 220 cm³/mol. The Morgan fingerprint density at radius 2 is 1.83 bits per heavy atom. The first-order chi connectivity index (χ1) is 27.7. The molecule has 8 rings (SSSR count).